The molecule has 2 aromatic carbocycles. The van der Waals surface area contributed by atoms with E-state index in [-0.39, 0.29) is 5.91 Å². The zero-order chi connectivity index (χ0) is 21.8. The van der Waals surface area contributed by atoms with Gasteiger partial charge in [0.2, 0.25) is 5.88 Å². The molecule has 4 aromatic rings. The number of hydrogen-bond donors (Lipinski definition) is 1. The van der Waals surface area contributed by atoms with E-state index in [0.29, 0.717) is 30.4 Å². The number of ether oxygens (including phenoxy) is 1. The van der Waals surface area contributed by atoms with Crippen molar-refractivity contribution in [2.75, 3.05) is 13.7 Å². The Kier molecular flexibility index (Phi) is 5.63. The van der Waals surface area contributed by atoms with Gasteiger partial charge in [-0.15, -0.1) is 0 Å². The minimum atomic E-state index is -0.202. The van der Waals surface area contributed by atoms with E-state index in [1.165, 1.54) is 0 Å². The number of carbonyl (C=O) groups is 1. The van der Waals surface area contributed by atoms with Crippen molar-refractivity contribution >= 4 is 22.5 Å². The third kappa shape index (κ3) is 4.09. The highest BCUT2D eigenvalue weighted by Crippen LogP contribution is 2.30. The highest BCUT2D eigenvalue weighted by molar-refractivity contribution is 5.93. The number of rotatable bonds is 6. The Morgan fingerprint density at radius 1 is 1.16 bits per heavy atom. The summed E-state index contributed by atoms with van der Waals surface area (Å²) >= 11 is 0. The third-order valence-corrected chi connectivity index (χ3v) is 4.99. The average Bonchev–Trinajstić information content (AvgIpc) is 3.29. The van der Waals surface area contributed by atoms with Crippen LogP contribution in [0.15, 0.2) is 60.8 Å². The number of para-hydroxylation sites is 1. The first-order valence-electron chi connectivity index (χ1n) is 9.89. The molecule has 0 fully saturated rings. The zero-order valence-corrected chi connectivity index (χ0v) is 17.3. The number of nitrogens with zero attached hydrogens (tertiary/aromatic N) is 4. The van der Waals surface area contributed by atoms with Crippen LogP contribution in [0.5, 0.6) is 5.88 Å². The van der Waals surface area contributed by atoms with Gasteiger partial charge in [0.05, 0.1) is 24.9 Å². The largest absolute Gasteiger partial charge is 0.478 e. The number of fused-ring (bicyclic) bond motifs is 1. The van der Waals surface area contributed by atoms with E-state index in [0.717, 1.165) is 27.6 Å². The summed E-state index contributed by atoms with van der Waals surface area (Å²) in [7, 11) is 1.75. The smallest absolute Gasteiger partial charge is 0.272 e. The van der Waals surface area contributed by atoms with Crippen LogP contribution in [0, 0.1) is 6.57 Å². The molecule has 0 aliphatic rings. The van der Waals surface area contributed by atoms with Crippen LogP contribution in [0.25, 0.3) is 26.9 Å². The van der Waals surface area contributed by atoms with Gasteiger partial charge in [-0.25, -0.2) is 9.83 Å². The van der Waals surface area contributed by atoms with Gasteiger partial charge in [-0.1, -0.05) is 42.5 Å². The van der Waals surface area contributed by atoms with Crippen molar-refractivity contribution in [2.24, 2.45) is 0 Å². The van der Waals surface area contributed by atoms with Gasteiger partial charge >= 0.3 is 0 Å². The lowest BCUT2D eigenvalue weighted by Crippen LogP contribution is -2.27. The van der Waals surface area contributed by atoms with Crippen molar-refractivity contribution in [3.05, 3.63) is 83.5 Å². The van der Waals surface area contributed by atoms with E-state index in [9.17, 15) is 4.79 Å². The average molecular weight is 411 g/mol. The summed E-state index contributed by atoms with van der Waals surface area (Å²) < 4.78 is 5.73. The molecule has 0 aliphatic carbocycles. The summed E-state index contributed by atoms with van der Waals surface area (Å²) in [5, 5.41) is 8.07. The van der Waals surface area contributed by atoms with E-state index < -0.39 is 0 Å². The number of amides is 1. The molecular formula is C24H21N5O2. The van der Waals surface area contributed by atoms with E-state index in [1.807, 2.05) is 43.3 Å². The number of aromatic amines is 1. The molecule has 0 bridgehead atoms. The lowest BCUT2D eigenvalue weighted by Gasteiger charge is -2.18. The maximum absolute atomic E-state index is 13.1. The molecule has 0 saturated heterocycles. The van der Waals surface area contributed by atoms with Gasteiger partial charge in [-0.2, -0.15) is 5.10 Å². The second-order valence-corrected chi connectivity index (χ2v) is 7.05. The SMILES string of the molecule is [C-]#[N+]c1ccc(-c2ccc(C(=O)N(C)Cc3cccc4cn[nH]c34)nc2OCC)cc1. The number of H-pyrrole nitrogens is 1. The molecule has 0 atom stereocenters. The number of pyridine rings is 1. The van der Waals surface area contributed by atoms with Gasteiger partial charge in [0.1, 0.15) is 5.69 Å². The van der Waals surface area contributed by atoms with Crippen LogP contribution in [-0.4, -0.2) is 39.6 Å². The molecule has 2 heterocycles. The summed E-state index contributed by atoms with van der Waals surface area (Å²) in [6.07, 6.45) is 1.76. The fourth-order valence-corrected chi connectivity index (χ4v) is 3.43. The van der Waals surface area contributed by atoms with Crippen molar-refractivity contribution in [3.8, 4) is 17.0 Å². The summed E-state index contributed by atoms with van der Waals surface area (Å²) in [5.74, 6) is 0.195. The fraction of sp³-hybridized carbons (Fsp3) is 0.167. The topological polar surface area (TPSA) is 75.5 Å². The molecule has 154 valence electrons. The molecule has 31 heavy (non-hydrogen) atoms. The van der Waals surface area contributed by atoms with Crippen LogP contribution in [0.4, 0.5) is 5.69 Å². The number of aromatic nitrogens is 3. The molecule has 1 N–H and O–H groups in total. The monoisotopic (exact) mass is 411 g/mol. The Morgan fingerprint density at radius 2 is 1.97 bits per heavy atom. The van der Waals surface area contributed by atoms with Crippen LogP contribution < -0.4 is 4.74 Å². The van der Waals surface area contributed by atoms with E-state index >= 15 is 0 Å². The molecule has 1 amide bonds. The quantitative estimate of drug-likeness (QED) is 0.461. The first-order valence-corrected chi connectivity index (χ1v) is 9.89. The van der Waals surface area contributed by atoms with E-state index in [1.54, 1.807) is 36.3 Å². The van der Waals surface area contributed by atoms with E-state index in [4.69, 9.17) is 11.3 Å². The Morgan fingerprint density at radius 3 is 2.71 bits per heavy atom. The lowest BCUT2D eigenvalue weighted by atomic mass is 10.1. The molecule has 0 saturated carbocycles. The summed E-state index contributed by atoms with van der Waals surface area (Å²) in [5.41, 5.74) is 4.43. The van der Waals surface area contributed by atoms with Crippen LogP contribution in [0.3, 0.4) is 0 Å². The van der Waals surface area contributed by atoms with Crippen LogP contribution in [0.2, 0.25) is 0 Å². The van der Waals surface area contributed by atoms with Gasteiger partial charge in [-0.3, -0.25) is 9.89 Å². The minimum Gasteiger partial charge on any atom is -0.478 e. The third-order valence-electron chi connectivity index (χ3n) is 4.99. The molecule has 7 nitrogen and oxygen atoms in total. The maximum atomic E-state index is 13.1. The highest BCUT2D eigenvalue weighted by atomic mass is 16.5. The van der Waals surface area contributed by atoms with Crippen LogP contribution in [-0.2, 0) is 6.54 Å². The molecular weight excluding hydrogens is 390 g/mol. The molecule has 0 unspecified atom stereocenters. The van der Waals surface area contributed by atoms with Gasteiger partial charge in [0.15, 0.2) is 5.69 Å². The van der Waals surface area contributed by atoms with Crippen molar-refractivity contribution in [2.45, 2.75) is 13.5 Å². The summed E-state index contributed by atoms with van der Waals surface area (Å²) in [6, 6.07) is 16.6. The van der Waals surface area contributed by atoms with Gasteiger partial charge in [-0.05, 0) is 30.2 Å². The summed E-state index contributed by atoms with van der Waals surface area (Å²) in [6.45, 7) is 9.82. The number of nitrogens with one attached hydrogen (secondary N) is 1. The van der Waals surface area contributed by atoms with Gasteiger partial charge < -0.3 is 9.64 Å². The molecule has 0 radical (unpaired) electrons. The molecule has 4 rings (SSSR count). The normalized spacial score (nSPS) is 10.6. The van der Waals surface area contributed by atoms with Crippen molar-refractivity contribution in [3.63, 3.8) is 0 Å². The van der Waals surface area contributed by atoms with Crippen LogP contribution in [0.1, 0.15) is 23.0 Å². The summed E-state index contributed by atoms with van der Waals surface area (Å²) in [4.78, 5) is 22.6. The zero-order valence-electron chi connectivity index (χ0n) is 17.3. The Bertz CT molecular complexity index is 1270. The van der Waals surface area contributed by atoms with Crippen molar-refractivity contribution < 1.29 is 9.53 Å². The molecule has 7 heteroatoms. The van der Waals surface area contributed by atoms with Gasteiger partial charge in [0.25, 0.3) is 5.91 Å². The second-order valence-electron chi connectivity index (χ2n) is 7.05. The predicted molar refractivity (Wildman–Crippen MR) is 119 cm³/mol. The first kappa shape index (κ1) is 20.1. The molecule has 0 aliphatic heterocycles. The first-order chi connectivity index (χ1) is 15.1. The highest BCUT2D eigenvalue weighted by Gasteiger charge is 2.18. The maximum Gasteiger partial charge on any atom is 0.272 e. The molecule has 0 spiro atoms. The standard InChI is InChI=1S/C24H21N5O2/c1-4-31-23-20(16-8-10-19(25-2)11-9-16)12-13-21(27-23)24(30)29(3)15-18-7-5-6-17-14-26-28-22(17)18/h5-14H,4,15H2,1,3H3,(H,26,28). The molecule has 2 aromatic heterocycles. The van der Waals surface area contributed by atoms with Gasteiger partial charge in [0, 0.05) is 24.5 Å². The minimum absolute atomic E-state index is 0.202. The fourth-order valence-electron chi connectivity index (χ4n) is 3.43. The number of benzene rings is 2. The lowest BCUT2D eigenvalue weighted by molar-refractivity contribution is 0.0778. The number of carbonyl (C=O) groups excluding carboxylic acids is 1. The van der Waals surface area contributed by atoms with Crippen LogP contribution >= 0.6 is 0 Å². The Labute approximate surface area is 180 Å². The predicted octanol–water partition coefficient (Wildman–Crippen LogP) is 4.85. The van der Waals surface area contributed by atoms with Crippen molar-refractivity contribution in [1.29, 1.82) is 0 Å². The Hall–Kier alpha value is -4.18. The second kappa shape index (κ2) is 8.67. The van der Waals surface area contributed by atoms with Crippen molar-refractivity contribution in [1.82, 2.24) is 20.1 Å². The number of hydrogen-bond acceptors (Lipinski definition) is 4. The van der Waals surface area contributed by atoms with E-state index in [2.05, 4.69) is 20.0 Å². The Balaban J connectivity index is 1.61.